The van der Waals surface area contributed by atoms with Gasteiger partial charge in [0.15, 0.2) is 0 Å². The number of hydrogen-bond acceptors (Lipinski definition) is 4. The van der Waals surface area contributed by atoms with Gasteiger partial charge < -0.3 is 19.3 Å². The quantitative estimate of drug-likeness (QED) is 0.700. The standard InChI is InChI=1S/C13H20O4/c1-11-3-4-13(12(9-11)10-14)17-8-7-16-6-5-15-2/h3-4,9,14H,5-8,10H2,1-2H3. The lowest BCUT2D eigenvalue weighted by Crippen LogP contribution is -2.10. The summed E-state index contributed by atoms with van der Waals surface area (Å²) >= 11 is 0. The number of aryl methyl sites for hydroxylation is 1. The Balaban J connectivity index is 2.31. The van der Waals surface area contributed by atoms with E-state index in [4.69, 9.17) is 14.2 Å². The predicted molar refractivity (Wildman–Crippen MR) is 65.3 cm³/mol. The topological polar surface area (TPSA) is 47.9 Å². The fourth-order valence-corrected chi connectivity index (χ4v) is 1.43. The molecule has 0 aromatic heterocycles. The molecule has 0 fully saturated rings. The summed E-state index contributed by atoms with van der Waals surface area (Å²) in [5.41, 5.74) is 1.92. The highest BCUT2D eigenvalue weighted by Crippen LogP contribution is 2.19. The molecular formula is C13H20O4. The van der Waals surface area contributed by atoms with Crippen LogP contribution in [-0.4, -0.2) is 38.6 Å². The van der Waals surface area contributed by atoms with Crippen LogP contribution in [0.5, 0.6) is 5.75 Å². The normalized spacial score (nSPS) is 10.5. The Morgan fingerprint density at radius 2 is 1.88 bits per heavy atom. The van der Waals surface area contributed by atoms with Crippen molar-refractivity contribution in [2.75, 3.05) is 33.5 Å². The van der Waals surface area contributed by atoms with Crippen molar-refractivity contribution in [2.45, 2.75) is 13.5 Å². The minimum Gasteiger partial charge on any atom is -0.491 e. The van der Waals surface area contributed by atoms with Crippen LogP contribution in [0, 0.1) is 6.92 Å². The van der Waals surface area contributed by atoms with Crippen molar-refractivity contribution >= 4 is 0 Å². The molecule has 0 aliphatic rings. The van der Waals surface area contributed by atoms with E-state index < -0.39 is 0 Å². The Labute approximate surface area is 102 Å². The van der Waals surface area contributed by atoms with Gasteiger partial charge in [0.2, 0.25) is 0 Å². The number of hydrogen-bond donors (Lipinski definition) is 1. The molecular weight excluding hydrogens is 220 g/mol. The zero-order valence-corrected chi connectivity index (χ0v) is 10.4. The zero-order valence-electron chi connectivity index (χ0n) is 10.4. The van der Waals surface area contributed by atoms with Gasteiger partial charge in [-0.1, -0.05) is 17.7 Å². The summed E-state index contributed by atoms with van der Waals surface area (Å²) in [4.78, 5) is 0. The minimum atomic E-state index is -0.0124. The first-order valence-electron chi connectivity index (χ1n) is 5.67. The van der Waals surface area contributed by atoms with Gasteiger partial charge in [-0.05, 0) is 13.0 Å². The lowest BCUT2D eigenvalue weighted by atomic mass is 10.1. The van der Waals surface area contributed by atoms with Crippen LogP contribution in [0.3, 0.4) is 0 Å². The van der Waals surface area contributed by atoms with Crippen molar-refractivity contribution in [3.63, 3.8) is 0 Å². The van der Waals surface area contributed by atoms with Gasteiger partial charge in [0.1, 0.15) is 12.4 Å². The van der Waals surface area contributed by atoms with Gasteiger partial charge in [0.25, 0.3) is 0 Å². The number of aliphatic hydroxyl groups excluding tert-OH is 1. The van der Waals surface area contributed by atoms with Crippen LogP contribution in [0.4, 0.5) is 0 Å². The summed E-state index contributed by atoms with van der Waals surface area (Å²) in [6, 6.07) is 5.75. The molecule has 4 nitrogen and oxygen atoms in total. The van der Waals surface area contributed by atoms with Crippen LogP contribution in [0.15, 0.2) is 18.2 Å². The number of ether oxygens (including phenoxy) is 3. The highest BCUT2D eigenvalue weighted by atomic mass is 16.5. The number of rotatable bonds is 8. The average Bonchev–Trinajstić information content (AvgIpc) is 2.35. The summed E-state index contributed by atoms with van der Waals surface area (Å²) in [5.74, 6) is 0.716. The second-order valence-electron chi connectivity index (χ2n) is 3.72. The largest absolute Gasteiger partial charge is 0.491 e. The second-order valence-corrected chi connectivity index (χ2v) is 3.72. The molecule has 0 saturated heterocycles. The zero-order chi connectivity index (χ0) is 12.5. The Morgan fingerprint density at radius 1 is 1.12 bits per heavy atom. The number of methoxy groups -OCH3 is 1. The summed E-state index contributed by atoms with van der Waals surface area (Å²) in [6.07, 6.45) is 0. The smallest absolute Gasteiger partial charge is 0.124 e. The molecule has 0 heterocycles. The molecule has 0 spiro atoms. The van der Waals surface area contributed by atoms with E-state index >= 15 is 0 Å². The summed E-state index contributed by atoms with van der Waals surface area (Å²) < 4.78 is 15.7. The van der Waals surface area contributed by atoms with Gasteiger partial charge in [0, 0.05) is 12.7 Å². The Hall–Kier alpha value is -1.10. The van der Waals surface area contributed by atoms with E-state index in [2.05, 4.69) is 0 Å². The minimum absolute atomic E-state index is 0.0124. The molecule has 0 radical (unpaired) electrons. The summed E-state index contributed by atoms with van der Waals surface area (Å²) in [6.45, 7) is 4.12. The third-order valence-corrected chi connectivity index (χ3v) is 2.30. The molecule has 4 heteroatoms. The molecule has 0 amide bonds. The number of benzene rings is 1. The van der Waals surface area contributed by atoms with E-state index in [0.29, 0.717) is 32.2 Å². The van der Waals surface area contributed by atoms with Crippen molar-refractivity contribution < 1.29 is 19.3 Å². The third-order valence-electron chi connectivity index (χ3n) is 2.30. The van der Waals surface area contributed by atoms with Crippen molar-refractivity contribution in [3.8, 4) is 5.75 Å². The van der Waals surface area contributed by atoms with Gasteiger partial charge in [-0.25, -0.2) is 0 Å². The van der Waals surface area contributed by atoms with E-state index in [9.17, 15) is 5.11 Å². The highest BCUT2D eigenvalue weighted by molar-refractivity contribution is 5.36. The fourth-order valence-electron chi connectivity index (χ4n) is 1.43. The molecule has 17 heavy (non-hydrogen) atoms. The molecule has 1 N–H and O–H groups in total. The first-order chi connectivity index (χ1) is 8.27. The molecule has 1 rings (SSSR count). The third kappa shape index (κ3) is 5.17. The molecule has 0 aliphatic carbocycles. The lowest BCUT2D eigenvalue weighted by Gasteiger charge is -2.11. The lowest BCUT2D eigenvalue weighted by molar-refractivity contribution is 0.0540. The SMILES string of the molecule is COCCOCCOc1ccc(C)cc1CO. The van der Waals surface area contributed by atoms with Gasteiger partial charge in [-0.2, -0.15) is 0 Å². The van der Waals surface area contributed by atoms with Crippen LogP contribution in [-0.2, 0) is 16.1 Å². The maximum atomic E-state index is 9.19. The summed E-state index contributed by atoms with van der Waals surface area (Å²) in [5, 5.41) is 9.19. The van der Waals surface area contributed by atoms with E-state index in [1.54, 1.807) is 7.11 Å². The van der Waals surface area contributed by atoms with Crippen molar-refractivity contribution in [3.05, 3.63) is 29.3 Å². The maximum absolute atomic E-state index is 9.19. The summed E-state index contributed by atoms with van der Waals surface area (Å²) in [7, 11) is 1.64. The average molecular weight is 240 g/mol. The Morgan fingerprint density at radius 3 is 2.59 bits per heavy atom. The van der Waals surface area contributed by atoms with E-state index in [0.717, 1.165) is 11.1 Å². The fraction of sp³-hybridized carbons (Fsp3) is 0.538. The molecule has 0 bridgehead atoms. The van der Waals surface area contributed by atoms with Gasteiger partial charge in [-0.3, -0.25) is 0 Å². The van der Waals surface area contributed by atoms with E-state index in [1.165, 1.54) is 0 Å². The van der Waals surface area contributed by atoms with Crippen molar-refractivity contribution in [1.29, 1.82) is 0 Å². The number of aliphatic hydroxyl groups is 1. The predicted octanol–water partition coefficient (Wildman–Crippen LogP) is 1.53. The Bertz CT molecular complexity index is 325. The molecule has 0 unspecified atom stereocenters. The molecule has 96 valence electrons. The molecule has 0 atom stereocenters. The van der Waals surface area contributed by atoms with E-state index in [-0.39, 0.29) is 6.61 Å². The van der Waals surface area contributed by atoms with Gasteiger partial charge in [0.05, 0.1) is 26.4 Å². The van der Waals surface area contributed by atoms with Crippen LogP contribution >= 0.6 is 0 Å². The maximum Gasteiger partial charge on any atom is 0.124 e. The van der Waals surface area contributed by atoms with Crippen LogP contribution in [0.2, 0.25) is 0 Å². The van der Waals surface area contributed by atoms with Gasteiger partial charge >= 0.3 is 0 Å². The first kappa shape index (κ1) is 14.0. The molecule has 0 aliphatic heterocycles. The monoisotopic (exact) mass is 240 g/mol. The van der Waals surface area contributed by atoms with Gasteiger partial charge in [-0.15, -0.1) is 0 Å². The van der Waals surface area contributed by atoms with Crippen LogP contribution in [0.1, 0.15) is 11.1 Å². The van der Waals surface area contributed by atoms with Crippen LogP contribution in [0.25, 0.3) is 0 Å². The molecule has 1 aromatic carbocycles. The molecule has 1 aromatic rings. The van der Waals surface area contributed by atoms with E-state index in [1.807, 2.05) is 25.1 Å². The van der Waals surface area contributed by atoms with Crippen molar-refractivity contribution in [2.24, 2.45) is 0 Å². The van der Waals surface area contributed by atoms with Crippen molar-refractivity contribution in [1.82, 2.24) is 0 Å². The first-order valence-corrected chi connectivity index (χ1v) is 5.67. The Kier molecular flexibility index (Phi) is 6.62. The van der Waals surface area contributed by atoms with Crippen LogP contribution < -0.4 is 4.74 Å². The second kappa shape index (κ2) is 8.06. The highest BCUT2D eigenvalue weighted by Gasteiger charge is 2.02. The molecule has 0 saturated carbocycles.